The lowest BCUT2D eigenvalue weighted by Crippen LogP contribution is -2.04. The standard InChI is InChI=1S/C16H17NO4/c1-20-14-9-8-11(12-5-4-10-17-16(12)14)13(18)6-3-7-15(19)21-2/h4-5,8-10H,3,6-7H2,1-2H3. The molecule has 21 heavy (non-hydrogen) atoms. The van der Waals surface area contributed by atoms with E-state index in [-0.39, 0.29) is 18.2 Å². The molecule has 0 N–H and O–H groups in total. The first-order valence-electron chi connectivity index (χ1n) is 6.69. The average Bonchev–Trinajstić information content (AvgIpc) is 2.53. The Hall–Kier alpha value is -2.43. The molecule has 5 heteroatoms. The van der Waals surface area contributed by atoms with Gasteiger partial charge in [-0.25, -0.2) is 0 Å². The molecule has 0 saturated heterocycles. The van der Waals surface area contributed by atoms with Crippen molar-refractivity contribution < 1.29 is 19.1 Å². The summed E-state index contributed by atoms with van der Waals surface area (Å²) >= 11 is 0. The van der Waals surface area contributed by atoms with Gasteiger partial charge in [0.25, 0.3) is 0 Å². The molecule has 110 valence electrons. The number of carbonyl (C=O) groups is 2. The van der Waals surface area contributed by atoms with Crippen LogP contribution in [-0.4, -0.2) is 31.0 Å². The van der Waals surface area contributed by atoms with E-state index in [4.69, 9.17) is 4.74 Å². The molecule has 2 rings (SSSR count). The number of rotatable bonds is 6. The van der Waals surface area contributed by atoms with Gasteiger partial charge in [-0.2, -0.15) is 0 Å². The van der Waals surface area contributed by atoms with Crippen LogP contribution >= 0.6 is 0 Å². The summed E-state index contributed by atoms with van der Waals surface area (Å²) in [5.41, 5.74) is 1.27. The Morgan fingerprint density at radius 2 is 1.95 bits per heavy atom. The summed E-state index contributed by atoms with van der Waals surface area (Å²) in [5, 5.41) is 0.764. The molecule has 0 bridgehead atoms. The smallest absolute Gasteiger partial charge is 0.305 e. The van der Waals surface area contributed by atoms with Crippen LogP contribution in [0.2, 0.25) is 0 Å². The number of ketones is 1. The maximum absolute atomic E-state index is 12.3. The Kier molecular flexibility index (Phi) is 4.87. The predicted octanol–water partition coefficient (Wildman–Crippen LogP) is 2.77. The molecule has 1 aromatic heterocycles. The molecule has 0 saturated carbocycles. The second-order valence-electron chi connectivity index (χ2n) is 4.57. The fraction of sp³-hybridized carbons (Fsp3) is 0.312. The monoisotopic (exact) mass is 287 g/mol. The van der Waals surface area contributed by atoms with Gasteiger partial charge in [0.05, 0.1) is 14.2 Å². The highest BCUT2D eigenvalue weighted by Gasteiger charge is 2.14. The molecule has 0 atom stereocenters. The third kappa shape index (κ3) is 3.37. The molecular weight excluding hydrogens is 270 g/mol. The Morgan fingerprint density at radius 3 is 2.67 bits per heavy atom. The molecule has 5 nitrogen and oxygen atoms in total. The van der Waals surface area contributed by atoms with Crippen LogP contribution in [0.4, 0.5) is 0 Å². The van der Waals surface area contributed by atoms with Gasteiger partial charge < -0.3 is 9.47 Å². The van der Waals surface area contributed by atoms with E-state index in [1.54, 1.807) is 31.5 Å². The number of benzene rings is 1. The largest absolute Gasteiger partial charge is 0.494 e. The first-order valence-corrected chi connectivity index (χ1v) is 6.69. The summed E-state index contributed by atoms with van der Waals surface area (Å²) in [7, 11) is 2.91. The van der Waals surface area contributed by atoms with Crippen molar-refractivity contribution in [2.24, 2.45) is 0 Å². The van der Waals surface area contributed by atoms with Gasteiger partial charge in [0.1, 0.15) is 11.3 Å². The number of Topliss-reactive ketones (excluding diaryl/α,β-unsaturated/α-hetero) is 1. The second-order valence-corrected chi connectivity index (χ2v) is 4.57. The van der Waals surface area contributed by atoms with Gasteiger partial charge in [-0.1, -0.05) is 6.07 Å². The molecule has 0 aliphatic carbocycles. The van der Waals surface area contributed by atoms with E-state index in [1.807, 2.05) is 6.07 Å². The number of aromatic nitrogens is 1. The van der Waals surface area contributed by atoms with Crippen LogP contribution in [0.15, 0.2) is 30.5 Å². The Labute approximate surface area is 122 Å². The molecule has 0 unspecified atom stereocenters. The summed E-state index contributed by atoms with van der Waals surface area (Å²) in [6.07, 6.45) is 2.68. The van der Waals surface area contributed by atoms with Crippen molar-refractivity contribution >= 4 is 22.7 Å². The SMILES string of the molecule is COC(=O)CCCC(=O)c1ccc(OC)c2ncccc12. The van der Waals surface area contributed by atoms with Crippen molar-refractivity contribution in [3.8, 4) is 5.75 Å². The molecule has 1 aromatic carbocycles. The normalized spacial score (nSPS) is 10.4. The molecule has 0 fully saturated rings. The minimum absolute atomic E-state index is 0.0143. The highest BCUT2D eigenvalue weighted by Crippen LogP contribution is 2.27. The highest BCUT2D eigenvalue weighted by atomic mass is 16.5. The van der Waals surface area contributed by atoms with Crippen LogP contribution in [-0.2, 0) is 9.53 Å². The van der Waals surface area contributed by atoms with Crippen molar-refractivity contribution in [2.45, 2.75) is 19.3 Å². The van der Waals surface area contributed by atoms with E-state index >= 15 is 0 Å². The number of hydrogen-bond donors (Lipinski definition) is 0. The lowest BCUT2D eigenvalue weighted by Gasteiger charge is -2.08. The molecule has 0 aliphatic heterocycles. The number of carbonyl (C=O) groups excluding carboxylic acids is 2. The Morgan fingerprint density at radius 1 is 1.14 bits per heavy atom. The van der Waals surface area contributed by atoms with Crippen LogP contribution < -0.4 is 4.74 Å². The van der Waals surface area contributed by atoms with Crippen molar-refractivity contribution in [2.75, 3.05) is 14.2 Å². The molecule has 0 aliphatic rings. The number of pyridine rings is 1. The van der Waals surface area contributed by atoms with Gasteiger partial charge >= 0.3 is 5.97 Å². The summed E-state index contributed by atoms with van der Waals surface area (Å²) in [5.74, 6) is 0.320. The van der Waals surface area contributed by atoms with Gasteiger partial charge in [0.15, 0.2) is 5.78 Å². The quantitative estimate of drug-likeness (QED) is 0.603. The van der Waals surface area contributed by atoms with E-state index in [9.17, 15) is 9.59 Å². The van der Waals surface area contributed by atoms with E-state index in [1.165, 1.54) is 7.11 Å². The Bertz CT molecular complexity index is 666. The first kappa shape index (κ1) is 15.0. The zero-order chi connectivity index (χ0) is 15.2. The van der Waals surface area contributed by atoms with Gasteiger partial charge in [-0.15, -0.1) is 0 Å². The van der Waals surface area contributed by atoms with Gasteiger partial charge in [-0.3, -0.25) is 14.6 Å². The fourth-order valence-corrected chi connectivity index (χ4v) is 2.18. The van der Waals surface area contributed by atoms with Gasteiger partial charge in [0, 0.05) is 30.0 Å². The third-order valence-corrected chi connectivity index (χ3v) is 3.27. The van der Waals surface area contributed by atoms with E-state index < -0.39 is 0 Å². The molecule has 2 aromatic rings. The van der Waals surface area contributed by atoms with Crippen LogP contribution in [0.3, 0.4) is 0 Å². The predicted molar refractivity (Wildman–Crippen MR) is 78.5 cm³/mol. The number of ether oxygens (including phenoxy) is 2. The van der Waals surface area contributed by atoms with Crippen molar-refractivity contribution in [3.63, 3.8) is 0 Å². The van der Waals surface area contributed by atoms with Crippen LogP contribution in [0.25, 0.3) is 10.9 Å². The minimum atomic E-state index is -0.302. The lowest BCUT2D eigenvalue weighted by molar-refractivity contribution is -0.140. The maximum Gasteiger partial charge on any atom is 0.305 e. The number of hydrogen-bond acceptors (Lipinski definition) is 5. The zero-order valence-corrected chi connectivity index (χ0v) is 12.1. The van der Waals surface area contributed by atoms with Crippen molar-refractivity contribution in [3.05, 3.63) is 36.0 Å². The molecule has 0 spiro atoms. The fourth-order valence-electron chi connectivity index (χ4n) is 2.18. The number of methoxy groups -OCH3 is 2. The number of nitrogens with zero attached hydrogens (tertiary/aromatic N) is 1. The molecule has 1 heterocycles. The van der Waals surface area contributed by atoms with Crippen molar-refractivity contribution in [1.29, 1.82) is 0 Å². The summed E-state index contributed by atoms with van der Waals surface area (Å²) in [6.45, 7) is 0. The summed E-state index contributed by atoms with van der Waals surface area (Å²) in [4.78, 5) is 27.6. The number of fused-ring (bicyclic) bond motifs is 1. The molecule has 0 radical (unpaired) electrons. The van der Waals surface area contributed by atoms with E-state index in [0.717, 1.165) is 5.39 Å². The average molecular weight is 287 g/mol. The van der Waals surface area contributed by atoms with Crippen LogP contribution in [0.1, 0.15) is 29.6 Å². The minimum Gasteiger partial charge on any atom is -0.494 e. The third-order valence-electron chi connectivity index (χ3n) is 3.27. The van der Waals surface area contributed by atoms with E-state index in [0.29, 0.717) is 29.7 Å². The molecular formula is C16H17NO4. The highest BCUT2D eigenvalue weighted by molar-refractivity contribution is 6.08. The van der Waals surface area contributed by atoms with Gasteiger partial charge in [-0.05, 0) is 24.6 Å². The zero-order valence-electron chi connectivity index (χ0n) is 12.1. The summed E-state index contributed by atoms with van der Waals surface area (Å²) in [6, 6.07) is 7.11. The van der Waals surface area contributed by atoms with E-state index in [2.05, 4.69) is 9.72 Å². The summed E-state index contributed by atoms with van der Waals surface area (Å²) < 4.78 is 9.82. The maximum atomic E-state index is 12.3. The Balaban J connectivity index is 2.22. The number of esters is 1. The van der Waals surface area contributed by atoms with Gasteiger partial charge in [0.2, 0.25) is 0 Å². The topological polar surface area (TPSA) is 65.5 Å². The second kappa shape index (κ2) is 6.83. The first-order chi connectivity index (χ1) is 10.2. The lowest BCUT2D eigenvalue weighted by atomic mass is 10.0. The van der Waals surface area contributed by atoms with Crippen LogP contribution in [0.5, 0.6) is 5.75 Å². The van der Waals surface area contributed by atoms with Crippen molar-refractivity contribution in [1.82, 2.24) is 4.98 Å². The van der Waals surface area contributed by atoms with Crippen LogP contribution in [0, 0.1) is 0 Å². The molecule has 0 amide bonds.